The molecule has 0 spiro atoms. The van der Waals surface area contributed by atoms with Gasteiger partial charge in [-0.1, -0.05) is 37.3 Å². The van der Waals surface area contributed by atoms with Crippen LogP contribution >= 0.6 is 0 Å². The summed E-state index contributed by atoms with van der Waals surface area (Å²) in [4.78, 5) is 27.6. The largest absolute Gasteiger partial charge is 0.396 e. The fourth-order valence-electron chi connectivity index (χ4n) is 4.48. The Balaban J connectivity index is 1.92. The van der Waals surface area contributed by atoms with Gasteiger partial charge in [0, 0.05) is 31.2 Å². The van der Waals surface area contributed by atoms with Crippen molar-refractivity contribution in [2.24, 2.45) is 12.5 Å². The van der Waals surface area contributed by atoms with Gasteiger partial charge in [-0.05, 0) is 43.4 Å². The van der Waals surface area contributed by atoms with Gasteiger partial charge in [0.05, 0.1) is 12.7 Å². The van der Waals surface area contributed by atoms with Crippen molar-refractivity contribution in [2.75, 3.05) is 19.7 Å². The van der Waals surface area contributed by atoms with Crippen LogP contribution < -0.4 is 5.56 Å². The van der Waals surface area contributed by atoms with E-state index in [9.17, 15) is 19.8 Å². The maximum absolute atomic E-state index is 13.2. The zero-order valence-electron chi connectivity index (χ0n) is 17.4. The molecule has 0 saturated carbocycles. The van der Waals surface area contributed by atoms with Gasteiger partial charge in [0.2, 0.25) is 0 Å². The predicted molar refractivity (Wildman–Crippen MR) is 112 cm³/mol. The summed E-state index contributed by atoms with van der Waals surface area (Å²) in [5.41, 5.74) is 1.81. The lowest BCUT2D eigenvalue weighted by Gasteiger charge is -2.45. The molecule has 1 aliphatic rings. The van der Waals surface area contributed by atoms with E-state index in [1.54, 1.807) is 22.6 Å². The first-order chi connectivity index (χ1) is 13.8. The lowest BCUT2D eigenvalue weighted by Crippen LogP contribution is -2.56. The van der Waals surface area contributed by atoms with E-state index in [0.717, 1.165) is 16.8 Å². The molecule has 0 aliphatic carbocycles. The minimum atomic E-state index is -0.848. The second-order valence-corrected chi connectivity index (χ2v) is 8.12. The van der Waals surface area contributed by atoms with Crippen LogP contribution in [0.3, 0.4) is 0 Å². The zero-order chi connectivity index (χ0) is 21.2. The van der Waals surface area contributed by atoms with Gasteiger partial charge in [0.1, 0.15) is 5.56 Å². The van der Waals surface area contributed by atoms with Crippen LogP contribution in [-0.4, -0.2) is 51.4 Å². The summed E-state index contributed by atoms with van der Waals surface area (Å²) in [6, 6.07) is 11.3. The number of likely N-dealkylation sites (tertiary alicyclic amines) is 1. The molecule has 0 radical (unpaired) electrons. The van der Waals surface area contributed by atoms with Gasteiger partial charge < -0.3 is 19.7 Å². The molecule has 1 amide bonds. The summed E-state index contributed by atoms with van der Waals surface area (Å²) in [5, 5.41) is 20.9. The number of carbonyl (C=O) groups excluding carboxylic acids is 1. The molecule has 0 bridgehead atoms. The number of carbonyl (C=O) groups is 1. The zero-order valence-corrected chi connectivity index (χ0v) is 17.4. The molecule has 2 aromatic rings. The van der Waals surface area contributed by atoms with E-state index >= 15 is 0 Å². The van der Waals surface area contributed by atoms with Gasteiger partial charge in [-0.25, -0.2) is 0 Å². The molecule has 1 fully saturated rings. The first-order valence-electron chi connectivity index (χ1n) is 10.1. The number of pyridine rings is 1. The highest BCUT2D eigenvalue weighted by Crippen LogP contribution is 2.34. The SMILES string of the molecule is CCc1c(C)cc(C(=O)N2CC[C@@H](O)[C@@](CO)(Cc3ccccc3)C2)c(=O)n1C. The molecule has 1 aliphatic heterocycles. The minimum absolute atomic E-state index is 0.144. The molecule has 2 N–H and O–H groups in total. The normalized spacial score (nSPS) is 22.0. The monoisotopic (exact) mass is 398 g/mol. The highest BCUT2D eigenvalue weighted by atomic mass is 16.3. The standard InChI is InChI=1S/C23H30N2O4/c1-4-19-16(2)12-18(21(28)24(19)3)22(29)25-11-10-20(27)23(14-25,15-26)13-17-8-6-5-7-9-17/h5-9,12,20,26-27H,4,10-11,13-15H2,1-3H3/t20-,23+/m1/s1. The molecule has 1 saturated heterocycles. The van der Waals surface area contributed by atoms with E-state index in [0.29, 0.717) is 25.8 Å². The van der Waals surface area contributed by atoms with Crippen LogP contribution in [0.15, 0.2) is 41.2 Å². The first kappa shape index (κ1) is 21.3. The lowest BCUT2D eigenvalue weighted by atomic mass is 9.73. The Hall–Kier alpha value is -2.44. The average Bonchev–Trinajstić information content (AvgIpc) is 2.73. The van der Waals surface area contributed by atoms with Gasteiger partial charge in [-0.2, -0.15) is 0 Å². The van der Waals surface area contributed by atoms with Crippen molar-refractivity contribution >= 4 is 5.91 Å². The maximum atomic E-state index is 13.2. The molecule has 1 aromatic heterocycles. The van der Waals surface area contributed by atoms with Crippen molar-refractivity contribution < 1.29 is 15.0 Å². The fraction of sp³-hybridized carbons (Fsp3) is 0.478. The smallest absolute Gasteiger partial charge is 0.263 e. The Morgan fingerprint density at radius 2 is 1.97 bits per heavy atom. The first-order valence-corrected chi connectivity index (χ1v) is 10.1. The average molecular weight is 399 g/mol. The fourth-order valence-corrected chi connectivity index (χ4v) is 4.48. The number of rotatable bonds is 5. The van der Waals surface area contributed by atoms with E-state index in [-0.39, 0.29) is 30.2 Å². The molecule has 6 heteroatoms. The second-order valence-electron chi connectivity index (χ2n) is 8.12. The van der Waals surface area contributed by atoms with Crippen LogP contribution in [0.1, 0.15) is 40.5 Å². The molecule has 3 rings (SSSR count). The molecule has 2 atom stereocenters. The molecule has 156 valence electrons. The molecule has 29 heavy (non-hydrogen) atoms. The number of amides is 1. The molecular formula is C23H30N2O4. The summed E-state index contributed by atoms with van der Waals surface area (Å²) >= 11 is 0. The summed E-state index contributed by atoms with van der Waals surface area (Å²) in [6.45, 7) is 4.21. The highest BCUT2D eigenvalue weighted by molar-refractivity contribution is 5.94. The number of nitrogens with zero attached hydrogens (tertiary/aromatic N) is 2. The molecule has 6 nitrogen and oxygen atoms in total. The van der Waals surface area contributed by atoms with E-state index in [2.05, 4.69) is 0 Å². The third-order valence-electron chi connectivity index (χ3n) is 6.21. The van der Waals surface area contributed by atoms with Crippen molar-refractivity contribution in [1.29, 1.82) is 0 Å². The Morgan fingerprint density at radius 1 is 1.28 bits per heavy atom. The van der Waals surface area contributed by atoms with Crippen LogP contribution in [0.2, 0.25) is 0 Å². The van der Waals surface area contributed by atoms with Gasteiger partial charge in [0.15, 0.2) is 0 Å². The van der Waals surface area contributed by atoms with Crippen LogP contribution in [0.4, 0.5) is 0 Å². The number of hydrogen-bond donors (Lipinski definition) is 2. The van der Waals surface area contributed by atoms with E-state index in [4.69, 9.17) is 0 Å². The van der Waals surface area contributed by atoms with Crippen molar-refractivity contribution in [3.63, 3.8) is 0 Å². The van der Waals surface area contributed by atoms with Gasteiger partial charge in [-0.15, -0.1) is 0 Å². The number of hydrogen-bond acceptors (Lipinski definition) is 4. The number of aliphatic hydroxyl groups is 2. The van der Waals surface area contributed by atoms with Gasteiger partial charge in [0.25, 0.3) is 11.5 Å². The Kier molecular flexibility index (Phi) is 6.24. The minimum Gasteiger partial charge on any atom is -0.396 e. The third-order valence-corrected chi connectivity index (χ3v) is 6.21. The predicted octanol–water partition coefficient (Wildman–Crippen LogP) is 1.68. The van der Waals surface area contributed by atoms with Crippen molar-refractivity contribution in [3.05, 3.63) is 69.1 Å². The summed E-state index contributed by atoms with van der Waals surface area (Å²) in [5.74, 6) is -0.339. The van der Waals surface area contributed by atoms with Crippen molar-refractivity contribution in [1.82, 2.24) is 9.47 Å². The summed E-state index contributed by atoms with van der Waals surface area (Å²) < 4.78 is 1.55. The summed E-state index contributed by atoms with van der Waals surface area (Å²) in [6.07, 6.45) is 0.822. The van der Waals surface area contributed by atoms with Crippen LogP contribution in [0.25, 0.3) is 0 Å². The highest BCUT2D eigenvalue weighted by Gasteiger charge is 2.44. The van der Waals surface area contributed by atoms with Crippen LogP contribution in [0, 0.1) is 12.3 Å². The second kappa shape index (κ2) is 8.51. The number of aromatic nitrogens is 1. The van der Waals surface area contributed by atoms with Gasteiger partial charge >= 0.3 is 0 Å². The Bertz CT molecular complexity index is 938. The number of aryl methyl sites for hydroxylation is 1. The molecule has 1 aromatic carbocycles. The van der Waals surface area contributed by atoms with Crippen molar-refractivity contribution in [2.45, 2.75) is 39.2 Å². The quantitative estimate of drug-likeness (QED) is 0.803. The maximum Gasteiger partial charge on any atom is 0.263 e. The number of benzene rings is 1. The number of aliphatic hydroxyl groups excluding tert-OH is 2. The Labute approximate surface area is 171 Å². The molecule has 0 unspecified atom stereocenters. The third kappa shape index (κ3) is 4.00. The van der Waals surface area contributed by atoms with Crippen LogP contribution in [0.5, 0.6) is 0 Å². The molecule has 2 heterocycles. The van der Waals surface area contributed by atoms with E-state index in [1.165, 1.54) is 0 Å². The summed E-state index contributed by atoms with van der Waals surface area (Å²) in [7, 11) is 1.69. The van der Waals surface area contributed by atoms with Crippen LogP contribution in [-0.2, 0) is 19.9 Å². The molecular weight excluding hydrogens is 368 g/mol. The van der Waals surface area contributed by atoms with E-state index in [1.807, 2.05) is 44.2 Å². The topological polar surface area (TPSA) is 82.8 Å². The lowest BCUT2D eigenvalue weighted by molar-refractivity contribution is -0.0669. The number of piperidine rings is 1. The Morgan fingerprint density at radius 3 is 2.59 bits per heavy atom. The van der Waals surface area contributed by atoms with Crippen molar-refractivity contribution in [3.8, 4) is 0 Å². The van der Waals surface area contributed by atoms with E-state index < -0.39 is 11.5 Å². The van der Waals surface area contributed by atoms with Gasteiger partial charge in [-0.3, -0.25) is 9.59 Å².